The third-order valence-electron chi connectivity index (χ3n) is 4.43. The van der Waals surface area contributed by atoms with Crippen molar-refractivity contribution in [3.8, 4) is 17.1 Å². The SMILES string of the molecule is COC(=O)c1cccc(COc2ccc(-c3ncc4cccc(Cl)c4n3)cc2)c1. The van der Waals surface area contributed by atoms with Gasteiger partial charge < -0.3 is 9.47 Å². The van der Waals surface area contributed by atoms with E-state index in [1.54, 1.807) is 24.4 Å². The molecule has 29 heavy (non-hydrogen) atoms. The second-order valence-electron chi connectivity index (χ2n) is 6.38. The van der Waals surface area contributed by atoms with Gasteiger partial charge in [0.05, 0.1) is 23.2 Å². The van der Waals surface area contributed by atoms with E-state index < -0.39 is 0 Å². The predicted molar refractivity (Wildman–Crippen MR) is 112 cm³/mol. The minimum atomic E-state index is -0.369. The van der Waals surface area contributed by atoms with E-state index in [2.05, 4.69) is 9.97 Å². The van der Waals surface area contributed by atoms with Crippen molar-refractivity contribution in [2.75, 3.05) is 7.11 Å². The van der Waals surface area contributed by atoms with Crippen molar-refractivity contribution in [1.82, 2.24) is 9.97 Å². The van der Waals surface area contributed by atoms with E-state index in [4.69, 9.17) is 21.1 Å². The molecule has 0 N–H and O–H groups in total. The fourth-order valence-corrected chi connectivity index (χ4v) is 3.16. The number of hydrogen-bond donors (Lipinski definition) is 0. The summed E-state index contributed by atoms with van der Waals surface area (Å²) in [5.74, 6) is 0.936. The number of fused-ring (bicyclic) bond motifs is 1. The summed E-state index contributed by atoms with van der Waals surface area (Å²) in [6, 6.07) is 20.3. The molecule has 6 heteroatoms. The Morgan fingerprint density at radius 3 is 2.62 bits per heavy atom. The Hall–Kier alpha value is -3.44. The standard InChI is InChI=1S/C23H17ClN2O3/c1-28-23(27)17-5-2-4-15(12-17)14-29-19-10-8-16(9-11-19)22-25-13-18-6-3-7-20(24)21(18)26-22/h2-13H,14H2,1H3. The molecule has 0 saturated heterocycles. The second-order valence-corrected chi connectivity index (χ2v) is 6.78. The molecule has 144 valence electrons. The number of nitrogens with zero attached hydrogens (tertiary/aromatic N) is 2. The topological polar surface area (TPSA) is 61.3 Å². The first-order chi connectivity index (χ1) is 14.1. The van der Waals surface area contributed by atoms with Crippen molar-refractivity contribution >= 4 is 28.5 Å². The van der Waals surface area contributed by atoms with Gasteiger partial charge in [0.25, 0.3) is 0 Å². The first-order valence-electron chi connectivity index (χ1n) is 8.96. The molecule has 3 aromatic carbocycles. The molecule has 0 spiro atoms. The molecule has 4 aromatic rings. The Kier molecular flexibility index (Phi) is 5.40. The number of halogens is 1. The number of ether oxygens (including phenoxy) is 2. The molecule has 0 aliphatic rings. The van der Waals surface area contributed by atoms with Crippen molar-refractivity contribution in [2.24, 2.45) is 0 Å². The largest absolute Gasteiger partial charge is 0.489 e. The van der Waals surface area contributed by atoms with Crippen LogP contribution in [-0.4, -0.2) is 23.0 Å². The van der Waals surface area contributed by atoms with Gasteiger partial charge in [-0.3, -0.25) is 0 Å². The van der Waals surface area contributed by atoms with Crippen LogP contribution in [0.25, 0.3) is 22.3 Å². The van der Waals surface area contributed by atoms with Gasteiger partial charge in [0.15, 0.2) is 5.82 Å². The summed E-state index contributed by atoms with van der Waals surface area (Å²) in [6.45, 7) is 0.340. The minimum absolute atomic E-state index is 0.340. The zero-order valence-corrected chi connectivity index (χ0v) is 16.4. The van der Waals surface area contributed by atoms with Gasteiger partial charge in [-0.05, 0) is 48.0 Å². The fraction of sp³-hybridized carbons (Fsp3) is 0.0870. The highest BCUT2D eigenvalue weighted by molar-refractivity contribution is 6.35. The normalized spacial score (nSPS) is 10.7. The fourth-order valence-electron chi connectivity index (χ4n) is 2.93. The van der Waals surface area contributed by atoms with Crippen molar-refractivity contribution in [3.63, 3.8) is 0 Å². The number of esters is 1. The molecule has 0 fully saturated rings. The molecular formula is C23H17ClN2O3. The first kappa shape index (κ1) is 18.9. The van der Waals surface area contributed by atoms with Gasteiger partial charge in [-0.25, -0.2) is 14.8 Å². The summed E-state index contributed by atoms with van der Waals surface area (Å²) in [4.78, 5) is 20.6. The number of rotatable bonds is 5. The van der Waals surface area contributed by atoms with Crippen LogP contribution >= 0.6 is 11.6 Å². The Morgan fingerprint density at radius 2 is 1.83 bits per heavy atom. The molecular weight excluding hydrogens is 388 g/mol. The summed E-state index contributed by atoms with van der Waals surface area (Å²) in [5.41, 5.74) is 2.97. The molecule has 0 unspecified atom stereocenters. The third kappa shape index (κ3) is 4.20. The lowest BCUT2D eigenvalue weighted by Crippen LogP contribution is -2.03. The molecule has 0 amide bonds. The average molecular weight is 405 g/mol. The zero-order chi connectivity index (χ0) is 20.2. The number of hydrogen-bond acceptors (Lipinski definition) is 5. The van der Waals surface area contributed by atoms with Crippen molar-refractivity contribution in [2.45, 2.75) is 6.61 Å². The molecule has 0 bridgehead atoms. The van der Waals surface area contributed by atoms with Crippen LogP contribution in [0.5, 0.6) is 5.75 Å². The molecule has 0 saturated carbocycles. The number of para-hydroxylation sites is 1. The summed E-state index contributed by atoms with van der Waals surface area (Å²) in [6.07, 6.45) is 1.77. The number of carbonyl (C=O) groups is 1. The van der Waals surface area contributed by atoms with Crippen LogP contribution in [-0.2, 0) is 11.3 Å². The van der Waals surface area contributed by atoms with E-state index in [0.29, 0.717) is 28.8 Å². The predicted octanol–water partition coefficient (Wildman–Crippen LogP) is 5.32. The summed E-state index contributed by atoms with van der Waals surface area (Å²) in [5, 5.41) is 1.50. The van der Waals surface area contributed by atoms with E-state index in [9.17, 15) is 4.79 Å². The van der Waals surface area contributed by atoms with Crippen molar-refractivity contribution < 1.29 is 14.3 Å². The molecule has 1 heterocycles. The zero-order valence-electron chi connectivity index (χ0n) is 15.6. The van der Waals surface area contributed by atoms with Crippen LogP contribution < -0.4 is 4.74 Å². The Morgan fingerprint density at radius 1 is 1.03 bits per heavy atom. The Labute approximate surface area is 172 Å². The molecule has 4 rings (SSSR count). The molecule has 1 aromatic heterocycles. The lowest BCUT2D eigenvalue weighted by atomic mass is 10.1. The minimum Gasteiger partial charge on any atom is -0.489 e. The number of methoxy groups -OCH3 is 1. The molecule has 0 radical (unpaired) electrons. The van der Waals surface area contributed by atoms with E-state index >= 15 is 0 Å². The van der Waals surface area contributed by atoms with Gasteiger partial charge >= 0.3 is 5.97 Å². The van der Waals surface area contributed by atoms with E-state index in [0.717, 1.165) is 22.0 Å². The van der Waals surface area contributed by atoms with Crippen LogP contribution in [0.4, 0.5) is 0 Å². The molecule has 0 atom stereocenters. The maximum atomic E-state index is 11.6. The maximum absolute atomic E-state index is 11.6. The first-order valence-corrected chi connectivity index (χ1v) is 9.33. The van der Waals surface area contributed by atoms with Crippen LogP contribution in [0.1, 0.15) is 15.9 Å². The van der Waals surface area contributed by atoms with E-state index in [1.807, 2.05) is 48.5 Å². The van der Waals surface area contributed by atoms with Crippen LogP contribution in [0.2, 0.25) is 5.02 Å². The summed E-state index contributed by atoms with van der Waals surface area (Å²) in [7, 11) is 1.36. The quantitative estimate of drug-likeness (QED) is 0.421. The highest BCUT2D eigenvalue weighted by atomic mass is 35.5. The highest BCUT2D eigenvalue weighted by Gasteiger charge is 2.08. The third-order valence-corrected chi connectivity index (χ3v) is 4.73. The van der Waals surface area contributed by atoms with Crippen LogP contribution in [0, 0.1) is 0 Å². The van der Waals surface area contributed by atoms with Gasteiger partial charge in [-0.15, -0.1) is 0 Å². The lowest BCUT2D eigenvalue weighted by Gasteiger charge is -2.08. The number of aromatic nitrogens is 2. The van der Waals surface area contributed by atoms with Crippen LogP contribution in [0.3, 0.4) is 0 Å². The summed E-state index contributed by atoms with van der Waals surface area (Å²) < 4.78 is 10.6. The monoisotopic (exact) mass is 404 g/mol. The Bertz CT molecular complexity index is 1180. The smallest absolute Gasteiger partial charge is 0.337 e. The van der Waals surface area contributed by atoms with E-state index in [1.165, 1.54) is 7.11 Å². The van der Waals surface area contributed by atoms with Gasteiger partial charge in [0, 0.05) is 17.1 Å². The lowest BCUT2D eigenvalue weighted by molar-refractivity contribution is 0.0600. The van der Waals surface area contributed by atoms with Crippen LogP contribution in [0.15, 0.2) is 72.9 Å². The summed E-state index contributed by atoms with van der Waals surface area (Å²) >= 11 is 6.24. The van der Waals surface area contributed by atoms with Gasteiger partial charge in [-0.1, -0.05) is 35.9 Å². The van der Waals surface area contributed by atoms with Crippen molar-refractivity contribution in [3.05, 3.63) is 89.1 Å². The van der Waals surface area contributed by atoms with Gasteiger partial charge in [0.1, 0.15) is 12.4 Å². The van der Waals surface area contributed by atoms with Crippen molar-refractivity contribution in [1.29, 1.82) is 0 Å². The Balaban J connectivity index is 1.49. The molecule has 0 aliphatic heterocycles. The second kappa shape index (κ2) is 8.29. The average Bonchev–Trinajstić information content (AvgIpc) is 2.78. The number of benzene rings is 3. The van der Waals surface area contributed by atoms with E-state index in [-0.39, 0.29) is 5.97 Å². The molecule has 5 nitrogen and oxygen atoms in total. The highest BCUT2D eigenvalue weighted by Crippen LogP contribution is 2.25. The molecule has 0 aliphatic carbocycles. The number of carbonyl (C=O) groups excluding carboxylic acids is 1. The van der Waals surface area contributed by atoms with Gasteiger partial charge in [0.2, 0.25) is 0 Å². The van der Waals surface area contributed by atoms with Gasteiger partial charge in [-0.2, -0.15) is 0 Å². The maximum Gasteiger partial charge on any atom is 0.337 e.